The van der Waals surface area contributed by atoms with E-state index in [0.717, 1.165) is 127 Å². The molecule has 0 saturated carbocycles. The van der Waals surface area contributed by atoms with Crippen molar-refractivity contribution in [1.29, 1.82) is 0 Å². The second kappa shape index (κ2) is 77.0. The number of esters is 4. The van der Waals surface area contributed by atoms with Gasteiger partial charge in [-0.1, -0.05) is 333 Å². The van der Waals surface area contributed by atoms with E-state index in [0.29, 0.717) is 25.7 Å². The molecule has 17 heteroatoms. The van der Waals surface area contributed by atoms with Gasteiger partial charge in [0.25, 0.3) is 0 Å². The van der Waals surface area contributed by atoms with Gasteiger partial charge in [-0.15, -0.1) is 0 Å². The number of unbranched alkanes of at least 4 members (excludes halogenated alkanes) is 52. The van der Waals surface area contributed by atoms with Crippen LogP contribution in [0.3, 0.4) is 0 Å². The Bertz CT molecular complexity index is 2670. The second-order valence-corrected chi connectivity index (χ2v) is 32.8. The molecule has 0 aliphatic rings. The molecule has 0 unspecified atom stereocenters. The van der Waals surface area contributed by atoms with Crippen LogP contribution in [0.2, 0.25) is 0 Å². The summed E-state index contributed by atoms with van der Waals surface area (Å²) in [5, 5.41) is 0. The van der Waals surface area contributed by atoms with E-state index in [2.05, 4.69) is 76.3 Å². The van der Waals surface area contributed by atoms with Crippen molar-refractivity contribution in [1.82, 2.24) is 0 Å². The van der Waals surface area contributed by atoms with E-state index < -0.39 is 53.9 Å². The maximum Gasteiger partial charge on any atom is 2.00 e. The largest absolute Gasteiger partial charge is 2.00 e. The fourth-order valence-corrected chi connectivity index (χ4v) is 14.1. The summed E-state index contributed by atoms with van der Waals surface area (Å²) >= 11 is 0. The normalized spacial score (nSPS) is 11.8. The number of benzene rings is 2. The summed E-state index contributed by atoms with van der Waals surface area (Å²) < 4.78 is 91.5. The minimum absolute atomic E-state index is 0. The molecule has 0 heterocycles. The number of ether oxygens (including phenoxy) is 4. The Labute approximate surface area is 696 Å². The molecule has 0 aliphatic heterocycles. The summed E-state index contributed by atoms with van der Waals surface area (Å²) in [6.07, 6.45) is 90.0. The molecular weight excluding hydrogens is 1430 g/mol. The van der Waals surface area contributed by atoms with Crippen molar-refractivity contribution in [3.05, 3.63) is 107 Å². The van der Waals surface area contributed by atoms with Gasteiger partial charge in [-0.2, -0.15) is 0 Å². The van der Waals surface area contributed by atoms with Crippen LogP contribution in [0.5, 0.6) is 0 Å². The van der Waals surface area contributed by atoms with E-state index in [1.807, 2.05) is 0 Å². The molecule has 0 atom stereocenters. The molecule has 0 radical (unpaired) electrons. The van der Waals surface area contributed by atoms with Gasteiger partial charge in [-0.05, 0) is 165 Å². The molecule has 0 aromatic heterocycles. The number of hydrogen-bond donors (Lipinski definition) is 0. The Morgan fingerprint density at radius 2 is 0.404 bits per heavy atom. The van der Waals surface area contributed by atoms with Crippen molar-refractivity contribution >= 4 is 81.9 Å². The molecule has 2 aromatic rings. The van der Waals surface area contributed by atoms with E-state index in [1.165, 1.54) is 269 Å². The SMILES string of the molecule is CCCCCCCC/C=C/CCCCCCCCCOC(=O)c1ccc(S(=O)(=O)[O-])cc1C(=O)OCCCCCCCCC/C=C/CCCCCCCC.CCCCCCCC/C=C/CCCCCCCCCOC(=O)c1ccc(S(=O)(=O)[O-])cc1C(=O)OCCCCCCCCC/C=C/CCCCCCCC.[Ca+2]. The van der Waals surface area contributed by atoms with Gasteiger partial charge >= 0.3 is 61.6 Å². The Kier molecular flexibility index (Phi) is 74.4. The fraction of sp³-hybridized carbons (Fsp3) is 0.739. The Morgan fingerprint density at radius 1 is 0.248 bits per heavy atom. The number of carbonyl (C=O) groups excluding carboxylic acids is 4. The van der Waals surface area contributed by atoms with Gasteiger partial charge in [0.05, 0.1) is 58.5 Å². The minimum Gasteiger partial charge on any atom is -0.744 e. The Morgan fingerprint density at radius 3 is 0.578 bits per heavy atom. The molecule has 2 aromatic carbocycles. The van der Waals surface area contributed by atoms with E-state index in [1.54, 1.807) is 0 Å². The molecule has 0 spiro atoms. The van der Waals surface area contributed by atoms with Gasteiger partial charge in [0.15, 0.2) is 0 Å². The average Bonchev–Trinajstić information content (AvgIpc) is 0.815. The van der Waals surface area contributed by atoms with Gasteiger partial charge in [-0.25, -0.2) is 36.0 Å². The summed E-state index contributed by atoms with van der Waals surface area (Å²) in [5.41, 5.74) is -0.693. The zero-order valence-electron chi connectivity index (χ0n) is 69.6. The van der Waals surface area contributed by atoms with Crippen LogP contribution in [0.25, 0.3) is 0 Å². The van der Waals surface area contributed by atoms with Gasteiger partial charge in [0, 0.05) is 0 Å². The first-order valence-corrected chi connectivity index (χ1v) is 46.9. The van der Waals surface area contributed by atoms with Crippen LogP contribution >= 0.6 is 0 Å². The molecule has 0 bridgehead atoms. The van der Waals surface area contributed by atoms with Crippen molar-refractivity contribution in [2.75, 3.05) is 26.4 Å². The molecule has 0 N–H and O–H groups in total. The van der Waals surface area contributed by atoms with Gasteiger partial charge in [0.1, 0.15) is 20.2 Å². The van der Waals surface area contributed by atoms with Crippen LogP contribution < -0.4 is 0 Å². The molecule has 620 valence electrons. The zero-order chi connectivity index (χ0) is 78.8. The predicted octanol–water partition coefficient (Wildman–Crippen LogP) is 27.1. The summed E-state index contributed by atoms with van der Waals surface area (Å²) in [7, 11) is -9.64. The monoisotopic (exact) mass is 1590 g/mol. The molecule has 14 nitrogen and oxygen atoms in total. The predicted molar refractivity (Wildman–Crippen MR) is 452 cm³/mol. The minimum atomic E-state index is -4.82. The molecule has 0 saturated heterocycles. The van der Waals surface area contributed by atoms with Gasteiger partial charge in [-0.3, -0.25) is 0 Å². The van der Waals surface area contributed by atoms with Crippen LogP contribution in [0.4, 0.5) is 0 Å². The van der Waals surface area contributed by atoms with Gasteiger partial charge in [0.2, 0.25) is 0 Å². The van der Waals surface area contributed by atoms with Crippen molar-refractivity contribution in [2.24, 2.45) is 0 Å². The Hall–Kier alpha value is -3.64. The first-order valence-electron chi connectivity index (χ1n) is 44.1. The molecule has 0 fully saturated rings. The van der Waals surface area contributed by atoms with Crippen LogP contribution in [0.1, 0.15) is 454 Å². The molecule has 2 rings (SSSR count). The third-order valence-corrected chi connectivity index (χ3v) is 21.7. The van der Waals surface area contributed by atoms with Crippen LogP contribution in [-0.2, 0) is 39.2 Å². The quantitative estimate of drug-likeness (QED) is 0.0150. The van der Waals surface area contributed by atoms with Crippen molar-refractivity contribution in [2.45, 2.75) is 423 Å². The van der Waals surface area contributed by atoms with Crippen LogP contribution in [-0.4, -0.2) is 114 Å². The first-order chi connectivity index (χ1) is 52.6. The van der Waals surface area contributed by atoms with E-state index >= 15 is 0 Å². The summed E-state index contributed by atoms with van der Waals surface area (Å²) in [6, 6.07) is 6.26. The van der Waals surface area contributed by atoms with E-state index in [4.69, 9.17) is 18.9 Å². The molecule has 109 heavy (non-hydrogen) atoms. The first kappa shape index (κ1) is 105. The molecule has 0 aliphatic carbocycles. The summed E-state index contributed by atoms with van der Waals surface area (Å²) in [6.45, 7) is 9.72. The standard InChI is InChI=1S/2C46H78O7S.Ca/c2*1-3-5-7-9-11-13-15-17-19-21-23-25-27-29-31-33-35-39-52-45(47)43-38-37-42(54(49,50)51)41-44(43)46(48)53-40-36-34-32-30-28-26-24-22-20-18-16-14-12-10-8-6-4-2;/h2*17-20,37-38,41H,3-16,21-36,39-40H2,1-2H3,(H,49,50,51);/q;;+2/p-2/b2*19-17+,20-18+;. The smallest absolute Gasteiger partial charge is 0.744 e. The van der Waals surface area contributed by atoms with Crippen LogP contribution in [0, 0.1) is 0 Å². The summed E-state index contributed by atoms with van der Waals surface area (Å²) in [5.74, 6) is -3.11. The number of carbonyl (C=O) groups is 4. The van der Waals surface area contributed by atoms with E-state index in [-0.39, 0.29) is 86.4 Å². The maximum atomic E-state index is 12.9. The third-order valence-electron chi connectivity index (χ3n) is 20.0. The number of rotatable bonds is 74. The second-order valence-electron chi connectivity index (χ2n) is 30.0. The average molecular weight is 1590 g/mol. The van der Waals surface area contributed by atoms with Crippen molar-refractivity contribution in [3.63, 3.8) is 0 Å². The molecular formula is C92H154CaO14S2. The van der Waals surface area contributed by atoms with Crippen molar-refractivity contribution in [3.8, 4) is 0 Å². The number of hydrogen-bond acceptors (Lipinski definition) is 14. The topological polar surface area (TPSA) is 220 Å². The van der Waals surface area contributed by atoms with Crippen molar-refractivity contribution < 1.29 is 64.1 Å². The van der Waals surface area contributed by atoms with E-state index in [9.17, 15) is 45.1 Å². The molecule has 0 amide bonds. The fourth-order valence-electron chi connectivity index (χ4n) is 13.1. The Balaban J connectivity index is 0.00000212. The van der Waals surface area contributed by atoms with Crippen LogP contribution in [0.15, 0.2) is 94.8 Å². The zero-order valence-corrected chi connectivity index (χ0v) is 73.4. The van der Waals surface area contributed by atoms with Gasteiger partial charge < -0.3 is 28.1 Å². The maximum absolute atomic E-state index is 12.9. The number of allylic oxidation sites excluding steroid dienone is 8. The summed E-state index contributed by atoms with van der Waals surface area (Å²) in [4.78, 5) is 50.4. The third kappa shape index (κ3) is 64.3.